The van der Waals surface area contributed by atoms with Gasteiger partial charge < -0.3 is 10.2 Å². The molecule has 1 aromatic heterocycles. The minimum absolute atomic E-state index is 0.101. The average Bonchev–Trinajstić information content (AvgIpc) is 2.68. The number of aromatic nitrogens is 1. The number of likely N-dealkylation sites (tertiary alicyclic amines) is 1. The quantitative estimate of drug-likeness (QED) is 0.832. The zero-order valence-electron chi connectivity index (χ0n) is 15.2. The van der Waals surface area contributed by atoms with Crippen molar-refractivity contribution in [1.82, 2.24) is 15.2 Å². The minimum atomic E-state index is -0.204. The highest BCUT2D eigenvalue weighted by molar-refractivity contribution is 6.30. The third-order valence-electron chi connectivity index (χ3n) is 5.15. The Morgan fingerprint density at radius 3 is 2.58 bits per heavy atom. The summed E-state index contributed by atoms with van der Waals surface area (Å²) < 4.78 is 0. The van der Waals surface area contributed by atoms with Crippen LogP contribution in [0, 0.1) is 5.92 Å². The van der Waals surface area contributed by atoms with Gasteiger partial charge in [0.15, 0.2) is 0 Å². The molecule has 1 N–H and O–H groups in total. The summed E-state index contributed by atoms with van der Waals surface area (Å²) in [5.41, 5.74) is 1.99. The number of halogens is 1. The van der Waals surface area contributed by atoms with Crippen LogP contribution in [0.25, 0.3) is 0 Å². The number of hydrogen-bond acceptors (Lipinski definition) is 3. The van der Waals surface area contributed by atoms with Gasteiger partial charge in [0, 0.05) is 23.8 Å². The van der Waals surface area contributed by atoms with Crippen molar-refractivity contribution in [1.29, 1.82) is 0 Å². The van der Waals surface area contributed by atoms with Crippen molar-refractivity contribution < 1.29 is 4.79 Å². The third kappa shape index (κ3) is 5.05. The molecular formula is C21H26ClN3O. The van der Waals surface area contributed by atoms with Gasteiger partial charge in [0.05, 0.1) is 6.04 Å². The van der Waals surface area contributed by atoms with Crippen LogP contribution in [0.4, 0.5) is 0 Å². The van der Waals surface area contributed by atoms with E-state index in [4.69, 9.17) is 11.6 Å². The Hall–Kier alpha value is -1.91. The van der Waals surface area contributed by atoms with Crippen molar-refractivity contribution in [3.63, 3.8) is 0 Å². The van der Waals surface area contributed by atoms with Crippen LogP contribution in [0.15, 0.2) is 48.8 Å². The molecule has 3 rings (SSSR count). The fourth-order valence-electron chi connectivity index (χ4n) is 3.55. The molecule has 1 aromatic carbocycles. The maximum atomic E-state index is 12.7. The minimum Gasteiger partial charge on any atom is -0.345 e. The number of amides is 1. The largest absolute Gasteiger partial charge is 0.345 e. The van der Waals surface area contributed by atoms with Crippen LogP contribution >= 0.6 is 11.6 Å². The normalized spacial score (nSPS) is 17.0. The molecule has 4 nitrogen and oxygen atoms in total. The first kappa shape index (κ1) is 18.9. The first-order chi connectivity index (χ1) is 12.7. The molecule has 1 saturated heterocycles. The van der Waals surface area contributed by atoms with Gasteiger partial charge in [0.25, 0.3) is 0 Å². The van der Waals surface area contributed by atoms with Gasteiger partial charge in [0.2, 0.25) is 5.91 Å². The molecule has 138 valence electrons. The van der Waals surface area contributed by atoms with Crippen LogP contribution in [0.2, 0.25) is 5.02 Å². The van der Waals surface area contributed by atoms with E-state index in [0.29, 0.717) is 17.4 Å². The van der Waals surface area contributed by atoms with Gasteiger partial charge in [-0.1, -0.05) is 36.7 Å². The number of rotatable bonds is 6. The van der Waals surface area contributed by atoms with Gasteiger partial charge in [-0.05, 0) is 67.7 Å². The zero-order valence-corrected chi connectivity index (χ0v) is 16.0. The Labute approximate surface area is 160 Å². The predicted molar refractivity (Wildman–Crippen MR) is 105 cm³/mol. The van der Waals surface area contributed by atoms with Crippen LogP contribution in [0.5, 0.6) is 0 Å². The molecule has 0 radical (unpaired) electrons. The first-order valence-electron chi connectivity index (χ1n) is 9.33. The van der Waals surface area contributed by atoms with Crippen molar-refractivity contribution in [2.45, 2.75) is 32.2 Å². The van der Waals surface area contributed by atoms with E-state index in [1.807, 2.05) is 36.4 Å². The lowest BCUT2D eigenvalue weighted by atomic mass is 9.92. The number of piperidine rings is 1. The van der Waals surface area contributed by atoms with E-state index < -0.39 is 0 Å². The molecule has 2 heterocycles. The summed E-state index contributed by atoms with van der Waals surface area (Å²) >= 11 is 6.02. The lowest BCUT2D eigenvalue weighted by Gasteiger charge is -2.31. The van der Waals surface area contributed by atoms with E-state index in [-0.39, 0.29) is 11.9 Å². The second-order valence-corrected chi connectivity index (χ2v) is 7.36. The first-order valence-corrected chi connectivity index (χ1v) is 9.70. The number of carbonyl (C=O) groups is 1. The monoisotopic (exact) mass is 371 g/mol. The molecule has 0 saturated carbocycles. The van der Waals surface area contributed by atoms with Crippen molar-refractivity contribution >= 4 is 17.5 Å². The molecule has 1 fully saturated rings. The zero-order chi connectivity index (χ0) is 18.4. The summed E-state index contributed by atoms with van der Waals surface area (Å²) in [4.78, 5) is 19.4. The maximum Gasteiger partial charge on any atom is 0.221 e. The molecule has 1 aliphatic rings. The average molecular weight is 372 g/mol. The lowest BCUT2D eigenvalue weighted by molar-refractivity contribution is -0.122. The summed E-state index contributed by atoms with van der Waals surface area (Å²) in [5.74, 6) is 0.571. The van der Waals surface area contributed by atoms with E-state index in [9.17, 15) is 4.79 Å². The van der Waals surface area contributed by atoms with Crippen LogP contribution < -0.4 is 5.32 Å². The Morgan fingerprint density at radius 2 is 1.96 bits per heavy atom. The SMILES string of the molecule is CCN1CCC(CC(=O)N[C@@H](c2ccc(Cl)cc2)c2cccnc2)CC1. The van der Waals surface area contributed by atoms with Gasteiger partial charge in [0.1, 0.15) is 0 Å². The van der Waals surface area contributed by atoms with Gasteiger partial charge in [-0.25, -0.2) is 0 Å². The summed E-state index contributed by atoms with van der Waals surface area (Å²) in [5, 5.41) is 3.89. The van der Waals surface area contributed by atoms with Crippen LogP contribution in [0.3, 0.4) is 0 Å². The molecule has 2 aromatic rings. The Balaban J connectivity index is 1.68. The Bertz CT molecular complexity index is 697. The van der Waals surface area contributed by atoms with E-state index in [1.54, 1.807) is 12.4 Å². The van der Waals surface area contributed by atoms with E-state index in [0.717, 1.165) is 43.6 Å². The van der Waals surface area contributed by atoms with E-state index in [2.05, 4.69) is 22.1 Å². The number of benzene rings is 1. The predicted octanol–water partition coefficient (Wildman–Crippen LogP) is 4.06. The topological polar surface area (TPSA) is 45.2 Å². The molecule has 26 heavy (non-hydrogen) atoms. The van der Waals surface area contributed by atoms with Crippen LogP contribution in [-0.2, 0) is 4.79 Å². The van der Waals surface area contributed by atoms with Crippen molar-refractivity contribution in [3.05, 3.63) is 64.9 Å². The number of nitrogens with one attached hydrogen (secondary N) is 1. The van der Waals surface area contributed by atoms with Gasteiger partial charge >= 0.3 is 0 Å². The third-order valence-corrected chi connectivity index (χ3v) is 5.41. The highest BCUT2D eigenvalue weighted by Crippen LogP contribution is 2.25. The summed E-state index contributed by atoms with van der Waals surface area (Å²) in [6, 6.07) is 11.3. The van der Waals surface area contributed by atoms with Crippen molar-refractivity contribution in [3.8, 4) is 0 Å². The van der Waals surface area contributed by atoms with Gasteiger partial charge in [-0.15, -0.1) is 0 Å². The van der Waals surface area contributed by atoms with Gasteiger partial charge in [-0.3, -0.25) is 9.78 Å². The van der Waals surface area contributed by atoms with Crippen molar-refractivity contribution in [2.75, 3.05) is 19.6 Å². The summed E-state index contributed by atoms with van der Waals surface area (Å²) in [6.07, 6.45) is 6.33. The smallest absolute Gasteiger partial charge is 0.221 e. The van der Waals surface area contributed by atoms with E-state index >= 15 is 0 Å². The molecule has 1 atom stereocenters. The Morgan fingerprint density at radius 1 is 1.23 bits per heavy atom. The van der Waals surface area contributed by atoms with Crippen molar-refractivity contribution in [2.24, 2.45) is 5.92 Å². The molecule has 0 bridgehead atoms. The van der Waals surface area contributed by atoms with Crippen LogP contribution in [0.1, 0.15) is 43.4 Å². The summed E-state index contributed by atoms with van der Waals surface area (Å²) in [6.45, 7) is 5.48. The number of hydrogen-bond donors (Lipinski definition) is 1. The lowest BCUT2D eigenvalue weighted by Crippen LogP contribution is -2.36. The standard InChI is InChI=1S/C21H26ClN3O/c1-2-25-12-9-16(10-13-25)14-20(26)24-21(18-4-3-11-23-15-18)17-5-7-19(22)8-6-17/h3-8,11,15-16,21H,2,9-10,12-14H2,1H3,(H,24,26)/t21-/m0/s1. The maximum absolute atomic E-state index is 12.7. The molecule has 5 heteroatoms. The second kappa shape index (κ2) is 9.15. The number of pyridine rings is 1. The molecule has 0 spiro atoms. The molecule has 1 amide bonds. The molecule has 0 unspecified atom stereocenters. The number of carbonyl (C=O) groups excluding carboxylic acids is 1. The molecule has 1 aliphatic heterocycles. The molecule has 0 aliphatic carbocycles. The Kier molecular flexibility index (Phi) is 6.64. The highest BCUT2D eigenvalue weighted by Gasteiger charge is 2.23. The fraction of sp³-hybridized carbons (Fsp3) is 0.429. The van der Waals surface area contributed by atoms with Gasteiger partial charge in [-0.2, -0.15) is 0 Å². The number of nitrogens with zero attached hydrogens (tertiary/aromatic N) is 2. The summed E-state index contributed by atoms with van der Waals surface area (Å²) in [7, 11) is 0. The van der Waals surface area contributed by atoms with E-state index in [1.165, 1.54) is 0 Å². The fourth-order valence-corrected chi connectivity index (χ4v) is 3.68. The molecular weight excluding hydrogens is 346 g/mol. The van der Waals surface area contributed by atoms with Crippen LogP contribution in [-0.4, -0.2) is 35.4 Å². The second-order valence-electron chi connectivity index (χ2n) is 6.92. The highest BCUT2D eigenvalue weighted by atomic mass is 35.5.